The van der Waals surface area contributed by atoms with E-state index in [-0.39, 0.29) is 24.7 Å². The Labute approximate surface area is 123 Å². The van der Waals surface area contributed by atoms with Gasteiger partial charge in [0.1, 0.15) is 0 Å². The van der Waals surface area contributed by atoms with Crippen LogP contribution in [0.3, 0.4) is 0 Å². The molecule has 2 atom stereocenters. The molecule has 2 unspecified atom stereocenters. The number of hydrogen-bond acceptors (Lipinski definition) is 2. The van der Waals surface area contributed by atoms with Gasteiger partial charge in [0, 0.05) is 31.1 Å². The molecule has 1 N–H and O–H groups in total. The zero-order valence-electron chi connectivity index (χ0n) is 12.2. The number of carbonyl (C=O) groups is 1. The molecule has 0 aromatic heterocycles. The van der Waals surface area contributed by atoms with Crippen LogP contribution in [-0.4, -0.2) is 42.2 Å². The van der Waals surface area contributed by atoms with Crippen LogP contribution in [-0.2, 0) is 4.79 Å². The number of rotatable bonds is 1. The summed E-state index contributed by atoms with van der Waals surface area (Å²) in [4.78, 5) is 14.5. The Bertz CT molecular complexity index is 391. The number of halogens is 3. The molecule has 2 bridgehead atoms. The number of carbonyl (C=O) groups excluding carboxylic acids is 1. The predicted octanol–water partition coefficient (Wildman–Crippen LogP) is 2.71. The van der Waals surface area contributed by atoms with Gasteiger partial charge in [-0.3, -0.25) is 4.79 Å². The Morgan fingerprint density at radius 3 is 2.29 bits per heavy atom. The molecule has 2 heterocycles. The van der Waals surface area contributed by atoms with Crippen molar-refractivity contribution in [2.45, 2.75) is 63.2 Å². The van der Waals surface area contributed by atoms with Crippen molar-refractivity contribution in [1.29, 1.82) is 0 Å². The highest BCUT2D eigenvalue weighted by atomic mass is 19.4. The maximum absolute atomic E-state index is 12.7. The van der Waals surface area contributed by atoms with Crippen LogP contribution < -0.4 is 5.32 Å². The van der Waals surface area contributed by atoms with Gasteiger partial charge in [-0.1, -0.05) is 0 Å². The maximum Gasteiger partial charge on any atom is 0.391 e. The van der Waals surface area contributed by atoms with E-state index < -0.39 is 12.1 Å². The van der Waals surface area contributed by atoms with E-state index >= 15 is 0 Å². The molecule has 1 saturated carbocycles. The molecule has 0 radical (unpaired) electrons. The third-order valence-corrected chi connectivity index (χ3v) is 5.37. The Morgan fingerprint density at radius 2 is 1.62 bits per heavy atom. The smallest absolute Gasteiger partial charge is 0.341 e. The summed E-state index contributed by atoms with van der Waals surface area (Å²) >= 11 is 0. The van der Waals surface area contributed by atoms with Crippen molar-refractivity contribution < 1.29 is 18.0 Å². The van der Waals surface area contributed by atoms with Gasteiger partial charge in [0.2, 0.25) is 5.91 Å². The van der Waals surface area contributed by atoms with E-state index in [9.17, 15) is 18.0 Å². The van der Waals surface area contributed by atoms with E-state index in [0.29, 0.717) is 24.9 Å². The molecule has 6 heteroatoms. The number of alkyl halides is 3. The Morgan fingerprint density at radius 1 is 0.952 bits per heavy atom. The van der Waals surface area contributed by atoms with Crippen LogP contribution in [0.2, 0.25) is 0 Å². The molecular weight excluding hydrogens is 281 g/mol. The molecule has 1 amide bonds. The van der Waals surface area contributed by atoms with Crippen LogP contribution in [0.5, 0.6) is 0 Å². The van der Waals surface area contributed by atoms with E-state index in [1.807, 2.05) is 4.90 Å². The lowest BCUT2D eigenvalue weighted by Gasteiger charge is -2.33. The van der Waals surface area contributed by atoms with Crippen molar-refractivity contribution in [2.24, 2.45) is 11.8 Å². The molecule has 3 aliphatic rings. The van der Waals surface area contributed by atoms with Crippen molar-refractivity contribution in [1.82, 2.24) is 10.2 Å². The molecular formula is C15H23F3N2O. The highest BCUT2D eigenvalue weighted by Gasteiger charge is 2.43. The van der Waals surface area contributed by atoms with Gasteiger partial charge in [-0.05, 0) is 44.9 Å². The number of nitrogens with one attached hydrogen (secondary N) is 1. The lowest BCUT2D eigenvalue weighted by molar-refractivity contribution is -0.185. The quantitative estimate of drug-likeness (QED) is 0.808. The molecule has 0 spiro atoms. The molecule has 3 nitrogen and oxygen atoms in total. The second kappa shape index (κ2) is 5.78. The fourth-order valence-electron chi connectivity index (χ4n) is 4.07. The fourth-order valence-corrected chi connectivity index (χ4v) is 4.07. The van der Waals surface area contributed by atoms with Gasteiger partial charge in [-0.2, -0.15) is 13.2 Å². The third kappa shape index (κ3) is 3.35. The maximum atomic E-state index is 12.7. The first-order chi connectivity index (χ1) is 9.93. The normalized spacial score (nSPS) is 37.4. The molecule has 120 valence electrons. The van der Waals surface area contributed by atoms with Crippen molar-refractivity contribution in [3.63, 3.8) is 0 Å². The van der Waals surface area contributed by atoms with Gasteiger partial charge >= 0.3 is 6.18 Å². The first-order valence-electron chi connectivity index (χ1n) is 8.05. The lowest BCUT2D eigenvalue weighted by atomic mass is 9.81. The Balaban J connectivity index is 1.54. The zero-order valence-corrected chi connectivity index (χ0v) is 12.2. The van der Waals surface area contributed by atoms with Gasteiger partial charge in [-0.25, -0.2) is 0 Å². The number of amides is 1. The molecule has 3 fully saturated rings. The average molecular weight is 304 g/mol. The minimum atomic E-state index is -4.10. The van der Waals surface area contributed by atoms with E-state index in [0.717, 1.165) is 25.9 Å². The molecule has 0 aromatic rings. The molecule has 21 heavy (non-hydrogen) atoms. The standard InChI is InChI=1S/C15H23F3N2O/c16-15(17,18)11-3-1-10(2-4-11)14(21)20-8-7-12-5-6-13(9-20)19-12/h10-13,19H,1-9H2. The fraction of sp³-hybridized carbons (Fsp3) is 0.933. The number of fused-ring (bicyclic) bond motifs is 2. The number of likely N-dealkylation sites (tertiary alicyclic amines) is 1. The topological polar surface area (TPSA) is 32.3 Å². The Hall–Kier alpha value is -0.780. The highest BCUT2D eigenvalue weighted by Crippen LogP contribution is 2.40. The number of nitrogens with zero attached hydrogens (tertiary/aromatic N) is 1. The van der Waals surface area contributed by atoms with Crippen LogP contribution in [0.4, 0.5) is 13.2 Å². The predicted molar refractivity (Wildman–Crippen MR) is 72.6 cm³/mol. The van der Waals surface area contributed by atoms with Gasteiger partial charge < -0.3 is 10.2 Å². The monoisotopic (exact) mass is 304 g/mol. The van der Waals surface area contributed by atoms with Gasteiger partial charge in [-0.15, -0.1) is 0 Å². The summed E-state index contributed by atoms with van der Waals surface area (Å²) < 4.78 is 38.0. The summed E-state index contributed by atoms with van der Waals surface area (Å²) in [5, 5.41) is 3.52. The lowest BCUT2D eigenvalue weighted by Crippen LogP contribution is -2.43. The zero-order chi connectivity index (χ0) is 15.0. The van der Waals surface area contributed by atoms with E-state index in [4.69, 9.17) is 0 Å². The van der Waals surface area contributed by atoms with Crippen molar-refractivity contribution in [3.8, 4) is 0 Å². The second-order valence-electron chi connectivity index (χ2n) is 6.80. The summed E-state index contributed by atoms with van der Waals surface area (Å²) in [6, 6.07) is 0.904. The van der Waals surface area contributed by atoms with Crippen molar-refractivity contribution in [3.05, 3.63) is 0 Å². The van der Waals surface area contributed by atoms with Crippen molar-refractivity contribution >= 4 is 5.91 Å². The van der Waals surface area contributed by atoms with Crippen LogP contribution in [0.25, 0.3) is 0 Å². The summed E-state index contributed by atoms with van der Waals surface area (Å²) in [5.74, 6) is -1.31. The van der Waals surface area contributed by atoms with Gasteiger partial charge in [0.05, 0.1) is 5.92 Å². The highest BCUT2D eigenvalue weighted by molar-refractivity contribution is 5.79. The molecule has 2 saturated heterocycles. The van der Waals surface area contributed by atoms with Crippen LogP contribution >= 0.6 is 0 Å². The van der Waals surface area contributed by atoms with Gasteiger partial charge in [0.15, 0.2) is 0 Å². The van der Waals surface area contributed by atoms with Crippen LogP contribution in [0.15, 0.2) is 0 Å². The second-order valence-corrected chi connectivity index (χ2v) is 6.80. The van der Waals surface area contributed by atoms with Crippen molar-refractivity contribution in [2.75, 3.05) is 13.1 Å². The molecule has 1 aliphatic carbocycles. The minimum absolute atomic E-state index is 0.0879. The first-order valence-corrected chi connectivity index (χ1v) is 8.05. The van der Waals surface area contributed by atoms with Crippen LogP contribution in [0.1, 0.15) is 44.9 Å². The summed E-state index contributed by atoms with van der Waals surface area (Å²) in [5.41, 5.74) is 0. The summed E-state index contributed by atoms with van der Waals surface area (Å²) in [6.45, 7) is 1.49. The Kier molecular flexibility index (Phi) is 4.17. The van der Waals surface area contributed by atoms with Gasteiger partial charge in [0.25, 0.3) is 0 Å². The SMILES string of the molecule is O=C(C1CCC(C(F)(F)F)CC1)N1CCC2CCC(C1)N2. The molecule has 2 aliphatic heterocycles. The first kappa shape index (κ1) is 15.1. The van der Waals surface area contributed by atoms with E-state index in [1.54, 1.807) is 0 Å². The third-order valence-electron chi connectivity index (χ3n) is 5.37. The minimum Gasteiger partial charge on any atom is -0.341 e. The molecule has 0 aromatic carbocycles. The van der Waals surface area contributed by atoms with E-state index in [1.165, 1.54) is 6.42 Å². The van der Waals surface area contributed by atoms with E-state index in [2.05, 4.69) is 5.32 Å². The number of hydrogen-bond donors (Lipinski definition) is 1. The molecule has 3 rings (SSSR count). The average Bonchev–Trinajstić information content (AvgIpc) is 2.77. The largest absolute Gasteiger partial charge is 0.391 e. The van der Waals surface area contributed by atoms with Crippen LogP contribution in [0, 0.1) is 11.8 Å². The summed E-state index contributed by atoms with van der Waals surface area (Å²) in [6.07, 6.45) is 0.163. The summed E-state index contributed by atoms with van der Waals surface area (Å²) in [7, 11) is 0.